The number of hydrogen-bond donors (Lipinski definition) is 1. The molecule has 1 N–H and O–H groups in total. The quantitative estimate of drug-likeness (QED) is 0.534. The normalized spacial score (nSPS) is 18.0. The standard InChI is InChI=1S/C22H22N4OS/c27-21(14-20(16-9-13-28-15-16)25-10-3-4-11-25)26-12-5-8-19(26)22-23-17-6-1-2-7-18(17)24-22/h1-4,6-7,9-11,13,15,19-20H,5,8,12,14H2,(H,23,24). The SMILES string of the molecule is O=C(CC(c1ccsc1)n1cccc1)N1CCCC1c1nc2ccccc2[nH]1. The number of likely N-dealkylation sites (tertiary alicyclic amines) is 1. The molecule has 2 unspecified atom stereocenters. The topological polar surface area (TPSA) is 53.9 Å². The predicted molar refractivity (Wildman–Crippen MR) is 111 cm³/mol. The molecule has 6 heteroatoms. The number of nitrogens with zero attached hydrogens (tertiary/aromatic N) is 3. The van der Waals surface area contributed by atoms with Crippen LogP contribution in [0.4, 0.5) is 0 Å². The maximum absolute atomic E-state index is 13.3. The zero-order valence-corrected chi connectivity index (χ0v) is 16.3. The molecule has 1 aliphatic rings. The number of carbonyl (C=O) groups is 1. The van der Waals surface area contributed by atoms with Gasteiger partial charge in [0.05, 0.1) is 29.5 Å². The van der Waals surface area contributed by atoms with Gasteiger partial charge in [-0.2, -0.15) is 11.3 Å². The second-order valence-corrected chi connectivity index (χ2v) is 8.07. The Bertz CT molecular complexity index is 1000. The van der Waals surface area contributed by atoms with Crippen LogP contribution in [0.2, 0.25) is 0 Å². The number of benzene rings is 1. The summed E-state index contributed by atoms with van der Waals surface area (Å²) >= 11 is 1.67. The van der Waals surface area contributed by atoms with E-state index in [1.807, 2.05) is 53.7 Å². The summed E-state index contributed by atoms with van der Waals surface area (Å²) in [4.78, 5) is 23.5. The molecule has 142 valence electrons. The molecule has 0 saturated carbocycles. The minimum atomic E-state index is 0.0330. The third-order valence-electron chi connectivity index (χ3n) is 5.58. The third kappa shape index (κ3) is 3.14. The van der Waals surface area contributed by atoms with Crippen LogP contribution in [0.25, 0.3) is 11.0 Å². The van der Waals surface area contributed by atoms with Crippen molar-refractivity contribution in [2.24, 2.45) is 0 Å². The molecule has 0 radical (unpaired) electrons. The summed E-state index contributed by atoms with van der Waals surface area (Å²) in [5.41, 5.74) is 3.18. The van der Waals surface area contributed by atoms with Crippen LogP contribution in [-0.2, 0) is 4.79 Å². The monoisotopic (exact) mass is 390 g/mol. The number of imidazole rings is 1. The van der Waals surface area contributed by atoms with Crippen LogP contribution in [-0.4, -0.2) is 31.9 Å². The molecule has 3 aromatic heterocycles. The van der Waals surface area contributed by atoms with Gasteiger partial charge in [0.2, 0.25) is 5.91 Å². The Balaban J connectivity index is 1.40. The summed E-state index contributed by atoms with van der Waals surface area (Å²) in [6.07, 6.45) is 6.51. The van der Waals surface area contributed by atoms with E-state index in [0.29, 0.717) is 6.42 Å². The van der Waals surface area contributed by atoms with Gasteiger partial charge in [-0.25, -0.2) is 4.98 Å². The van der Waals surface area contributed by atoms with Gasteiger partial charge in [-0.05, 0) is 59.5 Å². The Morgan fingerprint density at radius 1 is 1.21 bits per heavy atom. The summed E-state index contributed by atoms with van der Waals surface area (Å²) in [5, 5.41) is 4.21. The van der Waals surface area contributed by atoms with Gasteiger partial charge in [0, 0.05) is 18.9 Å². The van der Waals surface area contributed by atoms with Crippen molar-refractivity contribution >= 4 is 28.3 Å². The van der Waals surface area contributed by atoms with Gasteiger partial charge in [-0.1, -0.05) is 12.1 Å². The molecule has 5 nitrogen and oxygen atoms in total. The van der Waals surface area contributed by atoms with E-state index in [-0.39, 0.29) is 18.0 Å². The highest BCUT2D eigenvalue weighted by Crippen LogP contribution is 2.34. The number of amides is 1. The Kier molecular flexibility index (Phi) is 4.49. The second kappa shape index (κ2) is 7.28. The lowest BCUT2D eigenvalue weighted by Gasteiger charge is -2.26. The van der Waals surface area contributed by atoms with Gasteiger partial charge in [0.25, 0.3) is 0 Å². The van der Waals surface area contributed by atoms with E-state index in [2.05, 4.69) is 26.4 Å². The third-order valence-corrected chi connectivity index (χ3v) is 6.28. The highest BCUT2D eigenvalue weighted by atomic mass is 32.1. The molecule has 0 aliphatic carbocycles. The molecule has 0 bridgehead atoms. The highest BCUT2D eigenvalue weighted by molar-refractivity contribution is 7.08. The first-order valence-corrected chi connectivity index (χ1v) is 10.6. The summed E-state index contributed by atoms with van der Waals surface area (Å²) in [5.74, 6) is 1.09. The minimum absolute atomic E-state index is 0.0330. The van der Waals surface area contributed by atoms with E-state index in [0.717, 1.165) is 36.2 Å². The molecular weight excluding hydrogens is 368 g/mol. The summed E-state index contributed by atoms with van der Waals surface area (Å²) in [7, 11) is 0. The van der Waals surface area contributed by atoms with Crippen molar-refractivity contribution < 1.29 is 4.79 Å². The first-order chi connectivity index (χ1) is 13.8. The van der Waals surface area contributed by atoms with Crippen LogP contribution >= 0.6 is 11.3 Å². The highest BCUT2D eigenvalue weighted by Gasteiger charge is 2.33. The van der Waals surface area contributed by atoms with Gasteiger partial charge in [0.15, 0.2) is 0 Å². The van der Waals surface area contributed by atoms with Gasteiger partial charge >= 0.3 is 0 Å². The Morgan fingerprint density at radius 2 is 2.07 bits per heavy atom. The predicted octanol–water partition coefficient (Wildman–Crippen LogP) is 4.77. The fourth-order valence-corrected chi connectivity index (χ4v) is 4.89. The number of para-hydroxylation sites is 2. The molecule has 0 spiro atoms. The molecule has 4 aromatic rings. The minimum Gasteiger partial charge on any atom is -0.346 e. The smallest absolute Gasteiger partial charge is 0.225 e. The summed E-state index contributed by atoms with van der Waals surface area (Å²) in [6, 6.07) is 14.2. The van der Waals surface area contributed by atoms with Gasteiger partial charge in [-0.15, -0.1) is 0 Å². The van der Waals surface area contributed by atoms with Crippen molar-refractivity contribution in [2.75, 3.05) is 6.54 Å². The van der Waals surface area contributed by atoms with Crippen LogP contribution in [0.3, 0.4) is 0 Å². The van der Waals surface area contributed by atoms with Crippen LogP contribution in [0, 0.1) is 0 Å². The molecular formula is C22H22N4OS. The zero-order chi connectivity index (χ0) is 18.9. The van der Waals surface area contributed by atoms with Crippen LogP contribution in [0.1, 0.15) is 42.7 Å². The molecule has 5 rings (SSSR count). The first kappa shape index (κ1) is 17.3. The fourth-order valence-electron chi connectivity index (χ4n) is 4.18. The van der Waals surface area contributed by atoms with E-state index < -0.39 is 0 Å². The average molecular weight is 391 g/mol. The molecule has 4 heterocycles. The molecule has 1 aliphatic heterocycles. The fraction of sp³-hybridized carbons (Fsp3) is 0.273. The lowest BCUT2D eigenvalue weighted by Crippen LogP contribution is -2.33. The Morgan fingerprint density at radius 3 is 2.86 bits per heavy atom. The average Bonchev–Trinajstić information content (AvgIpc) is 3.51. The maximum atomic E-state index is 13.3. The Labute approximate surface area is 167 Å². The van der Waals surface area contributed by atoms with E-state index in [1.165, 1.54) is 5.56 Å². The number of rotatable bonds is 5. The molecule has 1 fully saturated rings. The van der Waals surface area contributed by atoms with E-state index in [4.69, 9.17) is 4.98 Å². The zero-order valence-electron chi connectivity index (χ0n) is 15.5. The molecule has 2 atom stereocenters. The van der Waals surface area contributed by atoms with Crippen LogP contribution in [0.5, 0.6) is 0 Å². The maximum Gasteiger partial charge on any atom is 0.225 e. The van der Waals surface area contributed by atoms with Gasteiger partial charge in [0.1, 0.15) is 5.82 Å². The van der Waals surface area contributed by atoms with Crippen molar-refractivity contribution in [3.05, 3.63) is 77.0 Å². The van der Waals surface area contributed by atoms with Crippen molar-refractivity contribution in [2.45, 2.75) is 31.3 Å². The van der Waals surface area contributed by atoms with Gasteiger partial charge < -0.3 is 14.5 Å². The van der Waals surface area contributed by atoms with E-state index in [1.54, 1.807) is 11.3 Å². The molecule has 28 heavy (non-hydrogen) atoms. The number of nitrogens with one attached hydrogen (secondary N) is 1. The lowest BCUT2D eigenvalue weighted by atomic mass is 10.1. The second-order valence-electron chi connectivity index (χ2n) is 7.29. The van der Waals surface area contributed by atoms with E-state index in [9.17, 15) is 4.79 Å². The number of hydrogen-bond acceptors (Lipinski definition) is 3. The summed E-state index contributed by atoms with van der Waals surface area (Å²) < 4.78 is 2.13. The number of H-pyrrole nitrogens is 1. The molecule has 1 amide bonds. The number of carbonyl (C=O) groups excluding carboxylic acids is 1. The molecule has 1 saturated heterocycles. The molecule has 1 aromatic carbocycles. The number of fused-ring (bicyclic) bond motifs is 1. The van der Waals surface area contributed by atoms with Crippen LogP contribution < -0.4 is 0 Å². The Hall–Kier alpha value is -2.86. The van der Waals surface area contributed by atoms with Crippen LogP contribution in [0.15, 0.2) is 65.6 Å². The van der Waals surface area contributed by atoms with Crippen molar-refractivity contribution in [1.29, 1.82) is 0 Å². The van der Waals surface area contributed by atoms with Crippen molar-refractivity contribution in [3.8, 4) is 0 Å². The number of thiophene rings is 1. The first-order valence-electron chi connectivity index (χ1n) is 9.68. The summed E-state index contributed by atoms with van der Waals surface area (Å²) in [6.45, 7) is 0.794. The van der Waals surface area contributed by atoms with E-state index >= 15 is 0 Å². The number of aromatic amines is 1. The number of aromatic nitrogens is 3. The van der Waals surface area contributed by atoms with Crippen molar-refractivity contribution in [3.63, 3.8) is 0 Å². The lowest BCUT2D eigenvalue weighted by molar-refractivity contribution is -0.132. The van der Waals surface area contributed by atoms with Crippen molar-refractivity contribution in [1.82, 2.24) is 19.4 Å². The van der Waals surface area contributed by atoms with Gasteiger partial charge in [-0.3, -0.25) is 4.79 Å². The largest absolute Gasteiger partial charge is 0.346 e.